The first-order valence-corrected chi connectivity index (χ1v) is 5.66. The first kappa shape index (κ1) is 12.2. The lowest BCUT2D eigenvalue weighted by Gasteiger charge is -2.28. The van der Waals surface area contributed by atoms with Crippen molar-refractivity contribution in [1.82, 2.24) is 9.78 Å². The van der Waals surface area contributed by atoms with Gasteiger partial charge in [-0.2, -0.15) is 5.10 Å². The third-order valence-electron chi connectivity index (χ3n) is 3.07. The van der Waals surface area contributed by atoms with Crippen LogP contribution in [0.2, 0.25) is 0 Å². The summed E-state index contributed by atoms with van der Waals surface area (Å²) in [7, 11) is 0. The zero-order valence-corrected chi connectivity index (χ0v) is 10.5. The third-order valence-corrected chi connectivity index (χ3v) is 3.07. The fourth-order valence-electron chi connectivity index (χ4n) is 1.35. The molecule has 1 aromatic rings. The van der Waals surface area contributed by atoms with Crippen molar-refractivity contribution in [1.29, 1.82) is 0 Å². The Hall–Kier alpha value is -0.830. The van der Waals surface area contributed by atoms with Gasteiger partial charge in [0.25, 0.3) is 0 Å². The second kappa shape index (κ2) is 4.35. The molecule has 0 spiro atoms. The summed E-state index contributed by atoms with van der Waals surface area (Å²) in [5.41, 5.74) is 7.14. The van der Waals surface area contributed by atoms with Gasteiger partial charge in [-0.05, 0) is 32.8 Å². The van der Waals surface area contributed by atoms with Crippen LogP contribution in [0.3, 0.4) is 0 Å². The lowest BCUT2D eigenvalue weighted by Crippen LogP contribution is -2.44. The minimum atomic E-state index is -0.170. The molecule has 0 bridgehead atoms. The number of aromatic nitrogens is 2. The maximum Gasteiger partial charge on any atom is 0.0643 e. The van der Waals surface area contributed by atoms with Gasteiger partial charge in [-0.3, -0.25) is 4.68 Å². The topological polar surface area (TPSA) is 43.8 Å². The van der Waals surface area contributed by atoms with E-state index in [2.05, 4.69) is 45.8 Å². The van der Waals surface area contributed by atoms with E-state index in [1.54, 1.807) is 0 Å². The second-order valence-corrected chi connectivity index (χ2v) is 5.22. The molecule has 0 aliphatic rings. The molecule has 0 radical (unpaired) electrons. The molecule has 3 heteroatoms. The molecule has 15 heavy (non-hydrogen) atoms. The predicted octanol–water partition coefficient (Wildman–Crippen LogP) is 2.38. The standard InChI is InChI=1S/C12H23N3/c1-9(2)12(5,13)8-11-6-7-15(14-11)10(3)4/h6-7,9-10H,8,13H2,1-5H3. The van der Waals surface area contributed by atoms with Crippen LogP contribution in [0.4, 0.5) is 0 Å². The summed E-state index contributed by atoms with van der Waals surface area (Å²) in [4.78, 5) is 0. The number of rotatable bonds is 4. The van der Waals surface area contributed by atoms with Crippen molar-refractivity contribution in [3.05, 3.63) is 18.0 Å². The normalized spacial score (nSPS) is 16.0. The Morgan fingerprint density at radius 3 is 2.40 bits per heavy atom. The summed E-state index contributed by atoms with van der Waals surface area (Å²) >= 11 is 0. The molecule has 0 aliphatic carbocycles. The number of nitrogens with two attached hydrogens (primary N) is 1. The summed E-state index contributed by atoms with van der Waals surface area (Å²) in [5, 5.41) is 4.51. The van der Waals surface area contributed by atoms with Crippen molar-refractivity contribution >= 4 is 0 Å². The van der Waals surface area contributed by atoms with Crippen molar-refractivity contribution in [2.45, 2.75) is 52.6 Å². The minimum absolute atomic E-state index is 0.170. The van der Waals surface area contributed by atoms with E-state index >= 15 is 0 Å². The Bertz CT molecular complexity index is 310. The van der Waals surface area contributed by atoms with E-state index in [1.165, 1.54) is 0 Å². The molecule has 86 valence electrons. The van der Waals surface area contributed by atoms with Gasteiger partial charge in [0.2, 0.25) is 0 Å². The summed E-state index contributed by atoms with van der Waals surface area (Å²) in [6.07, 6.45) is 2.86. The highest BCUT2D eigenvalue weighted by molar-refractivity contribution is 5.05. The SMILES string of the molecule is CC(C)n1ccc(CC(C)(N)C(C)C)n1. The molecule has 0 aromatic carbocycles. The van der Waals surface area contributed by atoms with Gasteiger partial charge in [0.15, 0.2) is 0 Å². The van der Waals surface area contributed by atoms with Crippen LogP contribution in [0.1, 0.15) is 46.4 Å². The average molecular weight is 209 g/mol. The molecule has 0 saturated carbocycles. The van der Waals surface area contributed by atoms with Crippen LogP contribution in [0.15, 0.2) is 12.3 Å². The van der Waals surface area contributed by atoms with Crippen LogP contribution in [-0.2, 0) is 6.42 Å². The maximum atomic E-state index is 6.23. The lowest BCUT2D eigenvalue weighted by atomic mass is 9.85. The van der Waals surface area contributed by atoms with Crippen molar-refractivity contribution in [2.75, 3.05) is 0 Å². The van der Waals surface area contributed by atoms with Crippen molar-refractivity contribution < 1.29 is 0 Å². The van der Waals surface area contributed by atoms with Crippen LogP contribution >= 0.6 is 0 Å². The summed E-state index contributed by atoms with van der Waals surface area (Å²) in [5.74, 6) is 0.460. The molecule has 1 unspecified atom stereocenters. The van der Waals surface area contributed by atoms with E-state index in [0.29, 0.717) is 12.0 Å². The van der Waals surface area contributed by atoms with Gasteiger partial charge >= 0.3 is 0 Å². The minimum Gasteiger partial charge on any atom is -0.325 e. The monoisotopic (exact) mass is 209 g/mol. The zero-order chi connectivity index (χ0) is 11.6. The first-order valence-electron chi connectivity index (χ1n) is 5.66. The van der Waals surface area contributed by atoms with Crippen molar-refractivity contribution in [3.8, 4) is 0 Å². The fourth-order valence-corrected chi connectivity index (χ4v) is 1.35. The van der Waals surface area contributed by atoms with Crippen LogP contribution < -0.4 is 5.73 Å². The summed E-state index contributed by atoms with van der Waals surface area (Å²) < 4.78 is 1.98. The summed E-state index contributed by atoms with van der Waals surface area (Å²) in [6.45, 7) is 10.6. The Kier molecular flexibility index (Phi) is 3.55. The molecule has 1 heterocycles. The molecule has 0 aliphatic heterocycles. The maximum absolute atomic E-state index is 6.23. The third kappa shape index (κ3) is 3.06. The van der Waals surface area contributed by atoms with E-state index in [0.717, 1.165) is 12.1 Å². The van der Waals surface area contributed by atoms with Gasteiger partial charge in [-0.1, -0.05) is 13.8 Å². The number of nitrogens with zero attached hydrogens (tertiary/aromatic N) is 2. The molecule has 3 nitrogen and oxygen atoms in total. The molecular weight excluding hydrogens is 186 g/mol. The van der Waals surface area contributed by atoms with Crippen molar-refractivity contribution in [3.63, 3.8) is 0 Å². The van der Waals surface area contributed by atoms with E-state index in [4.69, 9.17) is 5.73 Å². The highest BCUT2D eigenvalue weighted by atomic mass is 15.3. The van der Waals surface area contributed by atoms with Gasteiger partial charge in [-0.15, -0.1) is 0 Å². The van der Waals surface area contributed by atoms with Gasteiger partial charge < -0.3 is 5.73 Å². The molecule has 2 N–H and O–H groups in total. The van der Waals surface area contributed by atoms with E-state index in [-0.39, 0.29) is 5.54 Å². The van der Waals surface area contributed by atoms with E-state index in [1.807, 2.05) is 10.9 Å². The predicted molar refractivity (Wildman–Crippen MR) is 63.7 cm³/mol. The van der Waals surface area contributed by atoms with Gasteiger partial charge in [-0.25, -0.2) is 0 Å². The Balaban J connectivity index is 2.73. The largest absolute Gasteiger partial charge is 0.325 e. The lowest BCUT2D eigenvalue weighted by molar-refractivity contribution is 0.333. The Morgan fingerprint density at radius 1 is 1.40 bits per heavy atom. The quantitative estimate of drug-likeness (QED) is 0.827. The molecule has 0 amide bonds. The van der Waals surface area contributed by atoms with E-state index in [9.17, 15) is 0 Å². The smallest absolute Gasteiger partial charge is 0.0643 e. The van der Waals surface area contributed by atoms with Crippen molar-refractivity contribution in [2.24, 2.45) is 11.7 Å². The molecule has 1 rings (SSSR count). The Labute approximate surface area is 92.7 Å². The Morgan fingerprint density at radius 2 is 2.00 bits per heavy atom. The zero-order valence-electron chi connectivity index (χ0n) is 10.5. The molecule has 1 aromatic heterocycles. The number of hydrogen-bond donors (Lipinski definition) is 1. The molecule has 0 saturated heterocycles. The van der Waals surface area contributed by atoms with Crippen LogP contribution in [0, 0.1) is 5.92 Å². The average Bonchev–Trinajstić information content (AvgIpc) is 2.51. The fraction of sp³-hybridized carbons (Fsp3) is 0.750. The van der Waals surface area contributed by atoms with Gasteiger partial charge in [0, 0.05) is 24.2 Å². The molecule has 0 fully saturated rings. The van der Waals surface area contributed by atoms with E-state index < -0.39 is 0 Å². The molecular formula is C12H23N3. The second-order valence-electron chi connectivity index (χ2n) is 5.22. The van der Waals surface area contributed by atoms with Crippen LogP contribution in [0.25, 0.3) is 0 Å². The van der Waals surface area contributed by atoms with Crippen LogP contribution in [-0.4, -0.2) is 15.3 Å². The highest BCUT2D eigenvalue weighted by Crippen LogP contribution is 2.18. The number of hydrogen-bond acceptors (Lipinski definition) is 2. The van der Waals surface area contributed by atoms with Crippen LogP contribution in [0.5, 0.6) is 0 Å². The highest BCUT2D eigenvalue weighted by Gasteiger charge is 2.24. The van der Waals surface area contributed by atoms with Gasteiger partial charge in [0.1, 0.15) is 0 Å². The molecule has 1 atom stereocenters. The summed E-state index contributed by atoms with van der Waals surface area (Å²) in [6, 6.07) is 2.48. The first-order chi connectivity index (χ1) is 6.83. The van der Waals surface area contributed by atoms with Gasteiger partial charge in [0.05, 0.1) is 5.69 Å².